The molecule has 5 nitrogen and oxygen atoms in total. The summed E-state index contributed by atoms with van der Waals surface area (Å²) in [4.78, 5) is 23.2. The molecule has 2 aromatic heterocycles. The van der Waals surface area contributed by atoms with E-state index in [4.69, 9.17) is 0 Å². The molecule has 1 saturated heterocycles. The summed E-state index contributed by atoms with van der Waals surface area (Å²) in [6.45, 7) is 0.880. The number of aliphatic hydroxyl groups is 1. The smallest absolute Gasteiger partial charge is 0.254 e. The molecule has 4 rings (SSSR count). The minimum Gasteiger partial charge on any atom is -0.389 e. The molecular formula is C23H22FN3O2. The monoisotopic (exact) mass is 391 g/mol. The first-order chi connectivity index (χ1) is 14.0. The number of hydrogen-bond acceptors (Lipinski definition) is 4. The van der Waals surface area contributed by atoms with E-state index in [-0.39, 0.29) is 5.91 Å². The van der Waals surface area contributed by atoms with Crippen molar-refractivity contribution in [2.24, 2.45) is 0 Å². The van der Waals surface area contributed by atoms with E-state index < -0.39 is 11.4 Å². The van der Waals surface area contributed by atoms with Gasteiger partial charge in [0.25, 0.3) is 5.91 Å². The van der Waals surface area contributed by atoms with Crippen molar-refractivity contribution in [2.45, 2.75) is 24.9 Å². The number of benzene rings is 1. The van der Waals surface area contributed by atoms with E-state index >= 15 is 0 Å². The highest BCUT2D eigenvalue weighted by Gasteiger charge is 2.35. The van der Waals surface area contributed by atoms with Gasteiger partial charge in [-0.25, -0.2) is 4.39 Å². The Morgan fingerprint density at radius 3 is 2.52 bits per heavy atom. The Labute approximate surface area is 168 Å². The minimum absolute atomic E-state index is 0.156. The highest BCUT2D eigenvalue weighted by molar-refractivity contribution is 6.01. The van der Waals surface area contributed by atoms with Gasteiger partial charge in [-0.1, -0.05) is 6.07 Å². The molecule has 0 unspecified atom stereocenters. The van der Waals surface area contributed by atoms with E-state index in [1.807, 2.05) is 18.2 Å². The fourth-order valence-corrected chi connectivity index (χ4v) is 3.79. The number of pyridine rings is 2. The van der Waals surface area contributed by atoms with Gasteiger partial charge in [0.1, 0.15) is 5.82 Å². The lowest BCUT2D eigenvalue weighted by atomic mass is 9.86. The van der Waals surface area contributed by atoms with Gasteiger partial charge < -0.3 is 10.0 Å². The number of hydrogen-bond donors (Lipinski definition) is 1. The minimum atomic E-state index is -0.873. The lowest BCUT2D eigenvalue weighted by Gasteiger charge is -2.38. The second-order valence-corrected chi connectivity index (χ2v) is 7.44. The van der Waals surface area contributed by atoms with Crippen LogP contribution < -0.4 is 0 Å². The fraction of sp³-hybridized carbons (Fsp3) is 0.261. The second kappa shape index (κ2) is 8.09. The third-order valence-electron chi connectivity index (χ3n) is 5.42. The maximum Gasteiger partial charge on any atom is 0.254 e. The van der Waals surface area contributed by atoms with Crippen molar-refractivity contribution in [3.8, 4) is 11.1 Å². The summed E-state index contributed by atoms with van der Waals surface area (Å²) in [5.74, 6) is -0.548. The highest BCUT2D eigenvalue weighted by Crippen LogP contribution is 2.29. The number of halogens is 1. The van der Waals surface area contributed by atoms with Crippen molar-refractivity contribution < 1.29 is 14.3 Å². The summed E-state index contributed by atoms with van der Waals surface area (Å²) in [7, 11) is 0. The second-order valence-electron chi connectivity index (χ2n) is 7.44. The van der Waals surface area contributed by atoms with Gasteiger partial charge in [0.15, 0.2) is 0 Å². The third-order valence-corrected chi connectivity index (χ3v) is 5.42. The van der Waals surface area contributed by atoms with Crippen molar-refractivity contribution in [2.75, 3.05) is 13.1 Å². The average molecular weight is 391 g/mol. The number of carbonyl (C=O) groups is 1. The number of nitrogens with zero attached hydrogens (tertiary/aromatic N) is 3. The molecule has 3 heterocycles. The van der Waals surface area contributed by atoms with Gasteiger partial charge in [0.2, 0.25) is 0 Å². The Kier molecular flexibility index (Phi) is 5.36. The van der Waals surface area contributed by atoms with Crippen LogP contribution in [0.4, 0.5) is 4.39 Å². The first kappa shape index (κ1) is 19.2. The summed E-state index contributed by atoms with van der Waals surface area (Å²) < 4.78 is 13.9. The molecule has 29 heavy (non-hydrogen) atoms. The van der Waals surface area contributed by atoms with E-state index in [0.29, 0.717) is 43.5 Å². The molecule has 0 atom stereocenters. The summed E-state index contributed by atoms with van der Waals surface area (Å²) >= 11 is 0. The van der Waals surface area contributed by atoms with Crippen molar-refractivity contribution in [1.82, 2.24) is 14.9 Å². The van der Waals surface area contributed by atoms with Gasteiger partial charge in [-0.3, -0.25) is 14.8 Å². The van der Waals surface area contributed by atoms with Crippen LogP contribution >= 0.6 is 0 Å². The van der Waals surface area contributed by atoms with E-state index in [2.05, 4.69) is 9.97 Å². The first-order valence-electron chi connectivity index (χ1n) is 9.66. The molecule has 0 spiro atoms. The van der Waals surface area contributed by atoms with Crippen LogP contribution in [0.2, 0.25) is 0 Å². The van der Waals surface area contributed by atoms with E-state index in [9.17, 15) is 14.3 Å². The van der Waals surface area contributed by atoms with Crippen LogP contribution in [-0.4, -0.2) is 44.6 Å². The Balaban J connectivity index is 1.51. The Morgan fingerprint density at radius 1 is 1.07 bits per heavy atom. The molecule has 1 amide bonds. The highest BCUT2D eigenvalue weighted by atomic mass is 19.1. The molecule has 1 aromatic carbocycles. The van der Waals surface area contributed by atoms with Crippen molar-refractivity contribution in [3.05, 3.63) is 84.2 Å². The van der Waals surface area contributed by atoms with Gasteiger partial charge >= 0.3 is 0 Å². The Morgan fingerprint density at radius 2 is 1.83 bits per heavy atom. The zero-order chi connectivity index (χ0) is 20.3. The van der Waals surface area contributed by atoms with Crippen molar-refractivity contribution in [1.29, 1.82) is 0 Å². The van der Waals surface area contributed by atoms with E-state index in [1.54, 1.807) is 35.6 Å². The predicted octanol–water partition coefficient (Wildman–Crippen LogP) is 3.49. The summed E-state index contributed by atoms with van der Waals surface area (Å²) in [6, 6.07) is 13.4. The summed E-state index contributed by atoms with van der Waals surface area (Å²) in [5.41, 5.74) is 1.71. The topological polar surface area (TPSA) is 66.3 Å². The number of rotatable bonds is 4. The van der Waals surface area contributed by atoms with Crippen LogP contribution in [0.15, 0.2) is 67.1 Å². The maximum atomic E-state index is 13.9. The molecule has 1 aliphatic heterocycles. The van der Waals surface area contributed by atoms with Crippen LogP contribution in [0.25, 0.3) is 11.1 Å². The van der Waals surface area contributed by atoms with Crippen LogP contribution in [-0.2, 0) is 6.42 Å². The first-order valence-corrected chi connectivity index (χ1v) is 9.66. The van der Waals surface area contributed by atoms with Gasteiger partial charge in [-0.05, 0) is 66.4 Å². The Bertz CT molecular complexity index is 988. The molecule has 148 valence electrons. The molecule has 1 fully saturated rings. The molecule has 0 bridgehead atoms. The molecule has 1 aliphatic rings. The van der Waals surface area contributed by atoms with Gasteiger partial charge in [-0.15, -0.1) is 0 Å². The van der Waals surface area contributed by atoms with Gasteiger partial charge in [0, 0.05) is 49.4 Å². The molecule has 6 heteroatoms. The van der Waals surface area contributed by atoms with Crippen molar-refractivity contribution in [3.63, 3.8) is 0 Å². The zero-order valence-electron chi connectivity index (χ0n) is 16.0. The maximum absolute atomic E-state index is 13.9. The molecule has 0 saturated carbocycles. The van der Waals surface area contributed by atoms with E-state index in [0.717, 1.165) is 11.3 Å². The van der Waals surface area contributed by atoms with Gasteiger partial charge in [0.05, 0.1) is 5.60 Å². The fourth-order valence-electron chi connectivity index (χ4n) is 3.79. The SMILES string of the molecule is O=C(c1ccc(F)cc1-c1ccncc1)N1CCC(O)(Cc2ccccn2)CC1. The molecule has 1 N–H and O–H groups in total. The quantitative estimate of drug-likeness (QED) is 0.739. The lowest BCUT2D eigenvalue weighted by Crippen LogP contribution is -2.48. The summed E-state index contributed by atoms with van der Waals surface area (Å²) in [6.07, 6.45) is 6.36. The zero-order valence-corrected chi connectivity index (χ0v) is 16.0. The van der Waals surface area contributed by atoms with Crippen LogP contribution in [0.1, 0.15) is 28.9 Å². The van der Waals surface area contributed by atoms with Crippen LogP contribution in [0.5, 0.6) is 0 Å². The average Bonchev–Trinajstić information content (AvgIpc) is 2.75. The summed E-state index contributed by atoms with van der Waals surface area (Å²) in [5, 5.41) is 10.9. The Hall–Kier alpha value is -3.12. The lowest BCUT2D eigenvalue weighted by molar-refractivity contribution is -0.0168. The third kappa shape index (κ3) is 4.32. The van der Waals surface area contributed by atoms with Crippen LogP contribution in [0, 0.1) is 5.82 Å². The number of aromatic nitrogens is 2. The van der Waals surface area contributed by atoms with E-state index in [1.165, 1.54) is 18.2 Å². The largest absolute Gasteiger partial charge is 0.389 e. The number of piperidine rings is 1. The molecular weight excluding hydrogens is 369 g/mol. The molecule has 0 aliphatic carbocycles. The van der Waals surface area contributed by atoms with Crippen molar-refractivity contribution >= 4 is 5.91 Å². The standard InChI is InChI=1S/C23H22FN3O2/c24-18-4-5-20(21(15-18)17-6-11-25-12-7-17)22(28)27-13-8-23(29,9-14-27)16-19-3-1-2-10-26-19/h1-7,10-12,15,29H,8-9,13-14,16H2. The normalized spacial score (nSPS) is 15.9. The van der Waals surface area contributed by atoms with Gasteiger partial charge in [-0.2, -0.15) is 0 Å². The number of carbonyl (C=O) groups excluding carboxylic acids is 1. The molecule has 3 aromatic rings. The number of likely N-dealkylation sites (tertiary alicyclic amines) is 1. The number of amides is 1. The molecule has 0 radical (unpaired) electrons. The van der Waals surface area contributed by atoms with Crippen LogP contribution in [0.3, 0.4) is 0 Å². The predicted molar refractivity (Wildman–Crippen MR) is 108 cm³/mol.